The van der Waals surface area contributed by atoms with Gasteiger partial charge in [-0.25, -0.2) is 0 Å². The molecule has 0 aromatic carbocycles. The summed E-state index contributed by atoms with van der Waals surface area (Å²) in [6.07, 6.45) is 5.17. The summed E-state index contributed by atoms with van der Waals surface area (Å²) in [4.78, 5) is 0. The van der Waals surface area contributed by atoms with Crippen LogP contribution in [0.1, 0.15) is 52.9 Å². The molecule has 3 heteroatoms. The molecule has 3 nitrogen and oxygen atoms in total. The number of hydrogen-bond donors (Lipinski definition) is 1. The van der Waals surface area contributed by atoms with E-state index in [-0.39, 0.29) is 11.7 Å². The van der Waals surface area contributed by atoms with Gasteiger partial charge < -0.3 is 14.6 Å². The molecular weight excluding hydrogens is 216 g/mol. The quantitative estimate of drug-likeness (QED) is 0.713. The van der Waals surface area contributed by atoms with Crippen LogP contribution in [0, 0.1) is 5.92 Å². The van der Waals surface area contributed by atoms with E-state index < -0.39 is 0 Å². The highest BCUT2D eigenvalue weighted by Crippen LogP contribution is 2.34. The number of hydrogen-bond acceptors (Lipinski definition) is 3. The molecule has 1 N–H and O–H groups in total. The van der Waals surface area contributed by atoms with Crippen molar-refractivity contribution in [3.8, 4) is 0 Å². The Morgan fingerprint density at radius 3 is 2.53 bits per heavy atom. The third-order valence-corrected chi connectivity index (χ3v) is 3.83. The van der Waals surface area contributed by atoms with Gasteiger partial charge in [-0.3, -0.25) is 0 Å². The first-order valence-corrected chi connectivity index (χ1v) is 6.81. The third-order valence-electron chi connectivity index (χ3n) is 3.83. The zero-order valence-corrected chi connectivity index (χ0v) is 11.7. The maximum Gasteiger partial charge on any atom is 0.0623 e. The van der Waals surface area contributed by atoms with Gasteiger partial charge in [-0.15, -0.1) is 0 Å². The minimum atomic E-state index is -0.183. The van der Waals surface area contributed by atoms with Crippen LogP contribution in [0.2, 0.25) is 0 Å². The number of methoxy groups -OCH3 is 1. The van der Waals surface area contributed by atoms with Crippen molar-refractivity contribution in [3.05, 3.63) is 0 Å². The zero-order chi connectivity index (χ0) is 12.9. The zero-order valence-electron chi connectivity index (χ0n) is 11.7. The minimum Gasteiger partial charge on any atom is -0.393 e. The number of aliphatic hydroxyl groups excluding tert-OH is 1. The van der Waals surface area contributed by atoms with Crippen LogP contribution in [-0.4, -0.2) is 36.6 Å². The van der Waals surface area contributed by atoms with Crippen LogP contribution in [0.5, 0.6) is 0 Å². The average molecular weight is 244 g/mol. The molecule has 1 aliphatic carbocycles. The molecule has 1 saturated carbocycles. The average Bonchev–Trinajstić information content (AvgIpc) is 2.24. The van der Waals surface area contributed by atoms with E-state index in [0.717, 1.165) is 38.7 Å². The molecule has 1 atom stereocenters. The van der Waals surface area contributed by atoms with Crippen molar-refractivity contribution < 1.29 is 14.6 Å². The van der Waals surface area contributed by atoms with Crippen molar-refractivity contribution >= 4 is 0 Å². The lowest BCUT2D eigenvalue weighted by atomic mass is 9.78. The van der Waals surface area contributed by atoms with Crippen LogP contribution in [-0.2, 0) is 9.47 Å². The van der Waals surface area contributed by atoms with Crippen molar-refractivity contribution in [2.24, 2.45) is 5.92 Å². The van der Waals surface area contributed by atoms with E-state index in [0.29, 0.717) is 12.0 Å². The summed E-state index contributed by atoms with van der Waals surface area (Å²) in [5.41, 5.74) is -0.117. The Hall–Kier alpha value is -0.120. The van der Waals surface area contributed by atoms with Crippen molar-refractivity contribution in [1.29, 1.82) is 0 Å². The molecule has 0 bridgehead atoms. The summed E-state index contributed by atoms with van der Waals surface area (Å²) in [6, 6.07) is 0. The molecule has 0 aromatic heterocycles. The molecule has 17 heavy (non-hydrogen) atoms. The third kappa shape index (κ3) is 5.36. The lowest BCUT2D eigenvalue weighted by molar-refractivity contribution is -0.0427. The topological polar surface area (TPSA) is 38.7 Å². The molecule has 1 unspecified atom stereocenters. The predicted molar refractivity (Wildman–Crippen MR) is 69.1 cm³/mol. The van der Waals surface area contributed by atoms with E-state index in [1.807, 2.05) is 6.92 Å². The molecule has 0 radical (unpaired) electrons. The van der Waals surface area contributed by atoms with Gasteiger partial charge >= 0.3 is 0 Å². The maximum absolute atomic E-state index is 9.96. The highest BCUT2D eigenvalue weighted by Gasteiger charge is 2.31. The Morgan fingerprint density at radius 1 is 1.35 bits per heavy atom. The van der Waals surface area contributed by atoms with E-state index in [4.69, 9.17) is 9.47 Å². The first kappa shape index (κ1) is 14.9. The summed E-state index contributed by atoms with van der Waals surface area (Å²) in [5.74, 6) is 0.659. The first-order valence-electron chi connectivity index (χ1n) is 6.81. The van der Waals surface area contributed by atoms with Crippen LogP contribution in [0.25, 0.3) is 0 Å². The Bertz CT molecular complexity index is 210. The lowest BCUT2D eigenvalue weighted by Gasteiger charge is -2.36. The largest absolute Gasteiger partial charge is 0.393 e. The van der Waals surface area contributed by atoms with Crippen molar-refractivity contribution in [2.75, 3.05) is 13.7 Å². The highest BCUT2D eigenvalue weighted by atomic mass is 16.5. The van der Waals surface area contributed by atoms with E-state index >= 15 is 0 Å². The fourth-order valence-corrected chi connectivity index (χ4v) is 2.36. The number of ether oxygens (including phenoxy) is 2. The predicted octanol–water partition coefficient (Wildman–Crippen LogP) is 2.76. The van der Waals surface area contributed by atoms with E-state index in [1.165, 1.54) is 0 Å². The van der Waals surface area contributed by atoms with Gasteiger partial charge in [-0.1, -0.05) is 0 Å². The Balaban J connectivity index is 2.08. The second-order valence-corrected chi connectivity index (χ2v) is 5.81. The smallest absolute Gasteiger partial charge is 0.0623 e. The second-order valence-electron chi connectivity index (χ2n) is 5.81. The first-order chi connectivity index (χ1) is 7.96. The SMILES string of the molecule is CCOC1CC(CC(O)CCC(C)(C)OC)C1. The molecular formula is C14H28O3. The van der Waals surface area contributed by atoms with Gasteiger partial charge in [0.2, 0.25) is 0 Å². The molecule has 1 rings (SSSR count). The van der Waals surface area contributed by atoms with Gasteiger partial charge in [0.25, 0.3) is 0 Å². The lowest BCUT2D eigenvalue weighted by Crippen LogP contribution is -2.34. The molecule has 0 aliphatic heterocycles. The van der Waals surface area contributed by atoms with Crippen LogP contribution < -0.4 is 0 Å². The fourth-order valence-electron chi connectivity index (χ4n) is 2.36. The van der Waals surface area contributed by atoms with Crippen LogP contribution in [0.15, 0.2) is 0 Å². The van der Waals surface area contributed by atoms with Gasteiger partial charge in [0.15, 0.2) is 0 Å². The van der Waals surface area contributed by atoms with E-state index in [9.17, 15) is 5.11 Å². The van der Waals surface area contributed by atoms with Crippen molar-refractivity contribution in [2.45, 2.75) is 70.7 Å². The number of rotatable bonds is 8. The van der Waals surface area contributed by atoms with Gasteiger partial charge in [0.05, 0.1) is 17.8 Å². The second kappa shape index (κ2) is 6.72. The minimum absolute atomic E-state index is 0.117. The van der Waals surface area contributed by atoms with Crippen LogP contribution in [0.3, 0.4) is 0 Å². The summed E-state index contributed by atoms with van der Waals surface area (Å²) in [6.45, 7) is 6.97. The number of aliphatic hydroxyl groups is 1. The van der Waals surface area contributed by atoms with Gasteiger partial charge in [0, 0.05) is 13.7 Å². The van der Waals surface area contributed by atoms with Gasteiger partial charge in [0.1, 0.15) is 0 Å². The molecule has 0 amide bonds. The summed E-state index contributed by atoms with van der Waals surface area (Å²) < 4.78 is 10.9. The van der Waals surface area contributed by atoms with Gasteiger partial charge in [-0.05, 0) is 58.8 Å². The monoisotopic (exact) mass is 244 g/mol. The van der Waals surface area contributed by atoms with Crippen LogP contribution in [0.4, 0.5) is 0 Å². The summed E-state index contributed by atoms with van der Waals surface area (Å²) >= 11 is 0. The van der Waals surface area contributed by atoms with Gasteiger partial charge in [-0.2, -0.15) is 0 Å². The Morgan fingerprint density at radius 2 is 2.00 bits per heavy atom. The standard InChI is InChI=1S/C14H28O3/c1-5-17-13-9-11(10-13)8-12(15)6-7-14(2,3)16-4/h11-13,15H,5-10H2,1-4H3. The van der Waals surface area contributed by atoms with E-state index in [1.54, 1.807) is 7.11 Å². The molecule has 1 aliphatic rings. The fraction of sp³-hybridized carbons (Fsp3) is 1.00. The molecule has 0 aromatic rings. The van der Waals surface area contributed by atoms with Crippen molar-refractivity contribution in [3.63, 3.8) is 0 Å². The molecule has 0 spiro atoms. The molecule has 1 fully saturated rings. The summed E-state index contributed by atoms with van der Waals surface area (Å²) in [7, 11) is 1.73. The molecule has 0 heterocycles. The van der Waals surface area contributed by atoms with E-state index in [2.05, 4.69) is 13.8 Å². The molecule has 0 saturated heterocycles. The maximum atomic E-state index is 9.96. The summed E-state index contributed by atoms with van der Waals surface area (Å²) in [5, 5.41) is 9.96. The Labute approximate surface area is 105 Å². The normalized spacial score (nSPS) is 26.6. The Kier molecular flexibility index (Phi) is 5.90. The van der Waals surface area contributed by atoms with Crippen LogP contribution >= 0.6 is 0 Å². The molecule has 102 valence electrons. The highest BCUT2D eigenvalue weighted by molar-refractivity contribution is 4.82. The van der Waals surface area contributed by atoms with Crippen molar-refractivity contribution in [1.82, 2.24) is 0 Å².